The Balaban J connectivity index is 3.83. The number of rotatable bonds is 1. The first-order valence-corrected chi connectivity index (χ1v) is 8.03. The zero-order valence-electron chi connectivity index (χ0n) is 4.35. The van der Waals surface area contributed by atoms with Crippen LogP contribution in [0.15, 0.2) is 0 Å². The fraction of sp³-hybridized carbons (Fsp3) is 1.00. The third-order valence-corrected chi connectivity index (χ3v) is 3.13. The topological polar surface area (TPSA) is 78.5 Å². The van der Waals surface area contributed by atoms with Crippen molar-refractivity contribution in [1.29, 1.82) is 0 Å². The van der Waals surface area contributed by atoms with Crippen LogP contribution < -0.4 is 7.48 Å². The third kappa shape index (κ3) is 6.57. The van der Waals surface area contributed by atoms with E-state index in [1.54, 1.807) is 0 Å². The normalized spacial score (nSPS) is 18.1. The van der Waals surface area contributed by atoms with Crippen LogP contribution in [0.2, 0.25) is 0 Å². The number of nitrogens with one attached hydrogen (secondary N) is 1. The molecule has 0 aliphatic rings. The van der Waals surface area contributed by atoms with Gasteiger partial charge in [0.05, 0.1) is 0 Å². The number of hydrogen-bond acceptors (Lipinski definition) is 4. The van der Waals surface area contributed by atoms with Crippen molar-refractivity contribution in [2.24, 2.45) is 3.95 Å². The van der Waals surface area contributed by atoms with Crippen molar-refractivity contribution in [1.82, 2.24) is 3.53 Å². The average Bonchev–Trinajstić information content (AvgIpc) is 1.32. The maximum atomic E-state index is 8.70. The molecular formula is C2H11IN2O2. The molecule has 0 aromatic carbocycles. The van der Waals surface area contributed by atoms with Crippen LogP contribution in [-0.2, 0) is 0 Å². The summed E-state index contributed by atoms with van der Waals surface area (Å²) in [6.45, 7) is 0. The summed E-state index contributed by atoms with van der Waals surface area (Å²) in [5.74, 6) is 0. The molecule has 0 spiro atoms. The van der Waals surface area contributed by atoms with Crippen molar-refractivity contribution in [3.8, 4) is 0 Å². The second kappa shape index (κ2) is 1.52. The van der Waals surface area contributed by atoms with Crippen LogP contribution >= 0.6 is 18.4 Å². The standard InChI is InChI=1S/C2H11IN2O2/c1-3(4,6,7)5-2/h5-7H,4H2,1-2H3. The van der Waals surface area contributed by atoms with E-state index in [0.29, 0.717) is 0 Å². The Morgan fingerprint density at radius 2 is 1.71 bits per heavy atom. The van der Waals surface area contributed by atoms with Gasteiger partial charge >= 0.3 is 44.8 Å². The molecule has 0 atom stereocenters. The fourth-order valence-electron chi connectivity index (χ4n) is 0. The van der Waals surface area contributed by atoms with Gasteiger partial charge in [-0.2, -0.15) is 0 Å². The van der Waals surface area contributed by atoms with Crippen molar-refractivity contribution >= 4 is 18.4 Å². The predicted octanol–water partition coefficient (Wildman–Crippen LogP) is -0.983. The summed E-state index contributed by atoms with van der Waals surface area (Å²) >= 11 is -4.35. The molecule has 7 heavy (non-hydrogen) atoms. The quantitative estimate of drug-likeness (QED) is 0.261. The summed E-state index contributed by atoms with van der Waals surface area (Å²) in [5.41, 5.74) is 0. The van der Waals surface area contributed by atoms with E-state index in [1.807, 2.05) is 0 Å². The summed E-state index contributed by atoms with van der Waals surface area (Å²) in [6.07, 6.45) is 0. The van der Waals surface area contributed by atoms with Crippen LogP contribution in [0.1, 0.15) is 0 Å². The van der Waals surface area contributed by atoms with Gasteiger partial charge in [0.25, 0.3) is 0 Å². The molecule has 5 N–H and O–H groups in total. The molecular weight excluding hydrogens is 211 g/mol. The molecule has 0 saturated heterocycles. The SMILES string of the molecule is CNI(C)(N)(O)O. The summed E-state index contributed by atoms with van der Waals surface area (Å²) in [7, 11) is 1.43. The van der Waals surface area contributed by atoms with E-state index in [0.717, 1.165) is 0 Å². The van der Waals surface area contributed by atoms with Crippen LogP contribution in [0.3, 0.4) is 0 Å². The molecule has 4 nitrogen and oxygen atoms in total. The monoisotopic (exact) mass is 222 g/mol. The van der Waals surface area contributed by atoms with Gasteiger partial charge in [0.15, 0.2) is 0 Å². The van der Waals surface area contributed by atoms with Crippen LogP contribution in [0.5, 0.6) is 0 Å². The van der Waals surface area contributed by atoms with E-state index >= 15 is 0 Å². The van der Waals surface area contributed by atoms with Gasteiger partial charge in [-0.15, -0.1) is 0 Å². The van der Waals surface area contributed by atoms with Gasteiger partial charge in [0.1, 0.15) is 0 Å². The van der Waals surface area contributed by atoms with E-state index in [1.165, 1.54) is 12.0 Å². The first-order chi connectivity index (χ1) is 2.81. The Labute approximate surface area is 45.2 Å². The molecule has 0 fully saturated rings. The second-order valence-electron chi connectivity index (χ2n) is 1.48. The minimum absolute atomic E-state index is 1.23. The Morgan fingerprint density at radius 3 is 1.71 bits per heavy atom. The van der Waals surface area contributed by atoms with E-state index in [-0.39, 0.29) is 0 Å². The summed E-state index contributed by atoms with van der Waals surface area (Å²) < 4.78 is 24.6. The first-order valence-electron chi connectivity index (χ1n) is 1.62. The van der Waals surface area contributed by atoms with Gasteiger partial charge in [0.2, 0.25) is 0 Å². The van der Waals surface area contributed by atoms with Crippen molar-refractivity contribution in [3.05, 3.63) is 0 Å². The first kappa shape index (κ1) is 7.57. The molecule has 48 valence electrons. The summed E-state index contributed by atoms with van der Waals surface area (Å²) in [5, 5.41) is 0. The van der Waals surface area contributed by atoms with Gasteiger partial charge in [0, 0.05) is 0 Å². The maximum absolute atomic E-state index is 8.70. The van der Waals surface area contributed by atoms with Gasteiger partial charge in [-0.1, -0.05) is 0 Å². The third-order valence-electron chi connectivity index (χ3n) is 0.467. The number of hydrogen-bond donors (Lipinski definition) is 4. The van der Waals surface area contributed by atoms with Crippen LogP contribution in [0, 0.1) is 0 Å². The van der Waals surface area contributed by atoms with Gasteiger partial charge in [-0.25, -0.2) is 0 Å². The van der Waals surface area contributed by atoms with Crippen molar-refractivity contribution < 1.29 is 6.87 Å². The second-order valence-corrected chi connectivity index (χ2v) is 9.95. The predicted molar refractivity (Wildman–Crippen MR) is 37.6 cm³/mol. The van der Waals surface area contributed by atoms with E-state index in [9.17, 15) is 0 Å². The van der Waals surface area contributed by atoms with Crippen molar-refractivity contribution in [3.63, 3.8) is 0 Å². The van der Waals surface area contributed by atoms with Gasteiger partial charge < -0.3 is 0 Å². The van der Waals surface area contributed by atoms with Crippen molar-refractivity contribution in [2.75, 3.05) is 12.0 Å². The summed E-state index contributed by atoms with van der Waals surface area (Å²) in [4.78, 5) is 1.23. The molecule has 0 rings (SSSR count). The Kier molecular flexibility index (Phi) is 1.65. The average molecular weight is 222 g/mol. The Morgan fingerprint density at radius 1 is 1.57 bits per heavy atom. The van der Waals surface area contributed by atoms with Gasteiger partial charge in [-0.3, -0.25) is 0 Å². The zero-order valence-corrected chi connectivity index (χ0v) is 6.51. The molecule has 0 heterocycles. The van der Waals surface area contributed by atoms with E-state index < -0.39 is 18.4 Å². The Bertz CT molecular complexity index is 66.2. The van der Waals surface area contributed by atoms with Gasteiger partial charge in [-0.05, 0) is 0 Å². The molecule has 0 bridgehead atoms. The minimum atomic E-state index is -4.35. The molecule has 0 aliphatic heterocycles. The Hall–Kier alpha value is 0.570. The van der Waals surface area contributed by atoms with Crippen molar-refractivity contribution in [2.45, 2.75) is 0 Å². The molecule has 0 aliphatic carbocycles. The fourth-order valence-corrected chi connectivity index (χ4v) is 0. The van der Waals surface area contributed by atoms with E-state index in [4.69, 9.17) is 10.8 Å². The van der Waals surface area contributed by atoms with Crippen LogP contribution in [0.4, 0.5) is 0 Å². The number of nitrogens with two attached hydrogens (primary N) is 1. The molecule has 5 heteroatoms. The molecule has 0 amide bonds. The molecule has 0 radical (unpaired) electrons. The number of alkyl halides is 1. The molecule has 0 aromatic rings. The molecule has 0 unspecified atom stereocenters. The van der Waals surface area contributed by atoms with E-state index in [2.05, 4.69) is 3.53 Å². The van der Waals surface area contributed by atoms with Crippen LogP contribution in [-0.4, -0.2) is 18.9 Å². The summed E-state index contributed by atoms with van der Waals surface area (Å²) in [6, 6.07) is 0. The molecule has 0 saturated carbocycles. The molecule has 0 aromatic heterocycles. The zero-order chi connectivity index (χ0) is 6.15. The number of halogens is 1. The van der Waals surface area contributed by atoms with Crippen LogP contribution in [0.25, 0.3) is 0 Å².